The van der Waals surface area contributed by atoms with E-state index in [1.165, 1.54) is 36.4 Å². The first kappa shape index (κ1) is 14.6. The lowest BCUT2D eigenvalue weighted by molar-refractivity contribution is -0.128. The number of benzene rings is 2. The summed E-state index contributed by atoms with van der Waals surface area (Å²) in [4.78, 5) is 11.6. The average molecular weight is 311 g/mol. The van der Waals surface area contributed by atoms with Gasteiger partial charge in [0.1, 0.15) is 11.6 Å². The predicted octanol–water partition coefficient (Wildman–Crippen LogP) is 4.75. The Labute approximate surface area is 125 Å². The highest BCUT2D eigenvalue weighted by Crippen LogP contribution is 2.27. The molecule has 2 aromatic rings. The molecule has 0 fully saturated rings. The molecule has 0 unspecified atom stereocenters. The summed E-state index contributed by atoms with van der Waals surface area (Å²) in [5.41, 5.74) is 0.686. The molecule has 0 aromatic heterocycles. The molecule has 2 aromatic carbocycles. The van der Waals surface area contributed by atoms with Crippen LogP contribution in [-0.4, -0.2) is 5.97 Å². The number of halogens is 3. The third kappa shape index (κ3) is 4.08. The van der Waals surface area contributed by atoms with Gasteiger partial charge in [-0.15, -0.1) is 0 Å². The average Bonchev–Trinajstić information content (AvgIpc) is 2.41. The lowest BCUT2D eigenvalue weighted by Gasteiger charge is -2.03. The minimum absolute atomic E-state index is 0.227. The van der Waals surface area contributed by atoms with Gasteiger partial charge in [0, 0.05) is 11.1 Å². The summed E-state index contributed by atoms with van der Waals surface area (Å²) in [5, 5.41) is 0.706. The van der Waals surface area contributed by atoms with Crippen molar-refractivity contribution in [2.45, 2.75) is 0 Å². The Hall–Kier alpha value is -1.84. The zero-order chi connectivity index (χ0) is 14.5. The van der Waals surface area contributed by atoms with Crippen molar-refractivity contribution in [3.8, 4) is 5.75 Å². The number of esters is 1. The molecule has 2 nitrogen and oxygen atoms in total. The van der Waals surface area contributed by atoms with Crippen LogP contribution in [0.2, 0.25) is 10.0 Å². The van der Waals surface area contributed by atoms with Gasteiger partial charge in [0.2, 0.25) is 0 Å². The molecule has 0 radical (unpaired) electrons. The SMILES string of the molecule is O=C(C=Cc1ccc(F)cc1)Oc1ccc(Cl)cc1Cl. The largest absolute Gasteiger partial charge is 0.422 e. The van der Waals surface area contributed by atoms with Crippen LogP contribution >= 0.6 is 23.2 Å². The molecule has 20 heavy (non-hydrogen) atoms. The van der Waals surface area contributed by atoms with Gasteiger partial charge in [-0.05, 0) is 42.0 Å². The van der Waals surface area contributed by atoms with E-state index in [1.54, 1.807) is 18.2 Å². The normalized spacial score (nSPS) is 10.8. The lowest BCUT2D eigenvalue weighted by atomic mass is 10.2. The van der Waals surface area contributed by atoms with Crippen molar-refractivity contribution in [1.82, 2.24) is 0 Å². The summed E-state index contributed by atoms with van der Waals surface area (Å²) < 4.78 is 17.8. The number of hydrogen-bond donors (Lipinski definition) is 0. The third-order valence-electron chi connectivity index (χ3n) is 2.39. The molecule has 0 bridgehead atoms. The summed E-state index contributed by atoms with van der Waals surface area (Å²) in [6, 6.07) is 10.3. The van der Waals surface area contributed by atoms with Crippen LogP contribution in [0.15, 0.2) is 48.5 Å². The van der Waals surface area contributed by atoms with Crippen molar-refractivity contribution in [3.05, 3.63) is 70.0 Å². The molecule has 0 heterocycles. The highest BCUT2D eigenvalue weighted by atomic mass is 35.5. The van der Waals surface area contributed by atoms with Crippen LogP contribution in [0.1, 0.15) is 5.56 Å². The Morgan fingerprint density at radius 1 is 1.10 bits per heavy atom. The molecular weight excluding hydrogens is 302 g/mol. The molecule has 0 aliphatic heterocycles. The smallest absolute Gasteiger partial charge is 0.336 e. The molecule has 0 aliphatic rings. The summed E-state index contributed by atoms with van der Waals surface area (Å²) in [7, 11) is 0. The Bertz CT molecular complexity index is 651. The first-order valence-electron chi connectivity index (χ1n) is 5.65. The maximum atomic E-state index is 12.7. The van der Waals surface area contributed by atoms with Crippen LogP contribution in [-0.2, 0) is 4.79 Å². The predicted molar refractivity (Wildman–Crippen MR) is 77.5 cm³/mol. The van der Waals surface area contributed by atoms with Gasteiger partial charge in [0.25, 0.3) is 0 Å². The van der Waals surface area contributed by atoms with Crippen LogP contribution in [0, 0.1) is 5.82 Å². The van der Waals surface area contributed by atoms with Crippen LogP contribution in [0.25, 0.3) is 6.08 Å². The van der Waals surface area contributed by atoms with Gasteiger partial charge in [-0.1, -0.05) is 35.3 Å². The molecule has 2 rings (SSSR count). The molecule has 102 valence electrons. The van der Waals surface area contributed by atoms with Crippen molar-refractivity contribution in [3.63, 3.8) is 0 Å². The molecule has 0 amide bonds. The van der Waals surface area contributed by atoms with E-state index in [0.717, 1.165) is 0 Å². The van der Waals surface area contributed by atoms with Crippen molar-refractivity contribution < 1.29 is 13.9 Å². The summed E-state index contributed by atoms with van der Waals surface area (Å²) in [6.45, 7) is 0. The number of hydrogen-bond acceptors (Lipinski definition) is 2. The Morgan fingerprint density at radius 3 is 2.45 bits per heavy atom. The summed E-state index contributed by atoms with van der Waals surface area (Å²) in [6.07, 6.45) is 2.75. The highest BCUT2D eigenvalue weighted by molar-refractivity contribution is 6.35. The zero-order valence-electron chi connectivity index (χ0n) is 10.1. The van der Waals surface area contributed by atoms with Gasteiger partial charge in [-0.2, -0.15) is 0 Å². The Balaban J connectivity index is 2.03. The van der Waals surface area contributed by atoms with Gasteiger partial charge in [-0.25, -0.2) is 9.18 Å². The quantitative estimate of drug-likeness (QED) is 0.464. The molecule has 0 atom stereocenters. The summed E-state index contributed by atoms with van der Waals surface area (Å²) >= 11 is 11.6. The van der Waals surface area contributed by atoms with E-state index in [-0.39, 0.29) is 16.6 Å². The van der Waals surface area contributed by atoms with Crippen molar-refractivity contribution in [2.24, 2.45) is 0 Å². The van der Waals surface area contributed by atoms with E-state index >= 15 is 0 Å². The molecular formula is C15H9Cl2FO2. The Morgan fingerprint density at radius 2 is 1.80 bits per heavy atom. The fourth-order valence-electron chi connectivity index (χ4n) is 1.44. The van der Waals surface area contributed by atoms with E-state index < -0.39 is 5.97 Å². The second-order valence-electron chi connectivity index (χ2n) is 3.88. The van der Waals surface area contributed by atoms with Gasteiger partial charge in [-0.3, -0.25) is 0 Å². The monoisotopic (exact) mass is 310 g/mol. The van der Waals surface area contributed by atoms with Gasteiger partial charge >= 0.3 is 5.97 Å². The van der Waals surface area contributed by atoms with Crippen LogP contribution < -0.4 is 4.74 Å². The van der Waals surface area contributed by atoms with Crippen LogP contribution in [0.3, 0.4) is 0 Å². The number of ether oxygens (including phenoxy) is 1. The maximum absolute atomic E-state index is 12.7. The molecule has 5 heteroatoms. The van der Waals surface area contributed by atoms with Crippen molar-refractivity contribution in [2.75, 3.05) is 0 Å². The second-order valence-corrected chi connectivity index (χ2v) is 4.72. The lowest BCUT2D eigenvalue weighted by Crippen LogP contribution is -2.03. The molecule has 0 saturated carbocycles. The second kappa shape index (κ2) is 6.55. The fourth-order valence-corrected chi connectivity index (χ4v) is 1.89. The van der Waals surface area contributed by atoms with Crippen LogP contribution in [0.5, 0.6) is 5.75 Å². The van der Waals surface area contributed by atoms with Crippen LogP contribution in [0.4, 0.5) is 4.39 Å². The first-order chi connectivity index (χ1) is 9.54. The number of rotatable bonds is 3. The van der Waals surface area contributed by atoms with Crippen molar-refractivity contribution >= 4 is 35.2 Å². The molecule has 0 spiro atoms. The standard InChI is InChI=1S/C15H9Cl2FO2/c16-11-4-7-14(13(17)9-11)20-15(19)8-3-10-1-5-12(18)6-2-10/h1-9H. The minimum atomic E-state index is -0.585. The number of carbonyl (C=O) groups is 1. The number of carbonyl (C=O) groups excluding carboxylic acids is 1. The van der Waals surface area contributed by atoms with Gasteiger partial charge < -0.3 is 4.74 Å². The summed E-state index contributed by atoms with van der Waals surface area (Å²) in [5.74, 6) is -0.693. The fraction of sp³-hybridized carbons (Fsp3) is 0. The molecule has 0 saturated heterocycles. The molecule has 0 aliphatic carbocycles. The van der Waals surface area contributed by atoms with Gasteiger partial charge in [0.15, 0.2) is 0 Å². The maximum Gasteiger partial charge on any atom is 0.336 e. The van der Waals surface area contributed by atoms with E-state index in [9.17, 15) is 9.18 Å². The first-order valence-corrected chi connectivity index (χ1v) is 6.41. The van der Waals surface area contributed by atoms with E-state index in [1.807, 2.05) is 0 Å². The third-order valence-corrected chi connectivity index (χ3v) is 2.92. The van der Waals surface area contributed by atoms with Gasteiger partial charge in [0.05, 0.1) is 5.02 Å². The van der Waals surface area contributed by atoms with E-state index in [2.05, 4.69) is 0 Å². The Kier molecular flexibility index (Phi) is 4.77. The van der Waals surface area contributed by atoms with Crippen molar-refractivity contribution in [1.29, 1.82) is 0 Å². The topological polar surface area (TPSA) is 26.3 Å². The molecule has 0 N–H and O–H groups in total. The van der Waals surface area contributed by atoms with E-state index in [4.69, 9.17) is 27.9 Å². The minimum Gasteiger partial charge on any atom is -0.422 e. The highest BCUT2D eigenvalue weighted by Gasteiger charge is 2.06. The van der Waals surface area contributed by atoms with E-state index in [0.29, 0.717) is 10.6 Å². The zero-order valence-corrected chi connectivity index (χ0v) is 11.7.